The molecule has 0 bridgehead atoms. The standard InChI is InChI=1S/C30H24ClN5O4/c1-15(37)33-18-7-9-19(10-8-18)36-27(38)25-24(12-16-14-32-22-5-3-2-4-20(16)22)35-30(26(25)28(36)39)21-13-17(31)6-11-23(21)34-29(30)40/h2-11,13-14,24-26,32,35H,12H2,1H3,(H,33,37)(H,34,40)/t24-,25+,26+,30-/m0/s1. The van der Waals surface area contributed by atoms with Crippen LogP contribution in [0.3, 0.4) is 0 Å². The topological polar surface area (TPSA) is 123 Å². The molecule has 40 heavy (non-hydrogen) atoms. The zero-order valence-corrected chi connectivity index (χ0v) is 22.1. The summed E-state index contributed by atoms with van der Waals surface area (Å²) in [5.41, 5.74) is 2.53. The van der Waals surface area contributed by atoms with Crippen LogP contribution in [-0.4, -0.2) is 34.7 Å². The van der Waals surface area contributed by atoms with Gasteiger partial charge in [-0.15, -0.1) is 0 Å². The van der Waals surface area contributed by atoms with Gasteiger partial charge < -0.3 is 15.6 Å². The van der Waals surface area contributed by atoms with Crippen LogP contribution in [0.5, 0.6) is 0 Å². The Morgan fingerprint density at radius 2 is 1.80 bits per heavy atom. The first kappa shape index (κ1) is 24.6. The van der Waals surface area contributed by atoms with Crippen molar-refractivity contribution in [2.75, 3.05) is 15.5 Å². The Bertz CT molecular complexity index is 1750. The molecule has 0 aliphatic carbocycles. The summed E-state index contributed by atoms with van der Waals surface area (Å²) < 4.78 is 0. The minimum Gasteiger partial charge on any atom is -0.361 e. The first-order valence-electron chi connectivity index (χ1n) is 13.0. The molecule has 4 aromatic rings. The molecule has 3 aliphatic heterocycles. The molecule has 1 spiro atoms. The third-order valence-electron chi connectivity index (χ3n) is 8.24. The van der Waals surface area contributed by atoms with E-state index in [1.165, 1.54) is 11.8 Å². The monoisotopic (exact) mass is 553 g/mol. The first-order chi connectivity index (χ1) is 19.3. The number of para-hydroxylation sites is 1. The number of benzene rings is 3. The van der Waals surface area contributed by atoms with Gasteiger partial charge >= 0.3 is 0 Å². The summed E-state index contributed by atoms with van der Waals surface area (Å²) in [7, 11) is 0. The number of halogens is 1. The van der Waals surface area contributed by atoms with Gasteiger partial charge in [0.1, 0.15) is 5.54 Å². The van der Waals surface area contributed by atoms with Crippen LogP contribution in [0.25, 0.3) is 10.9 Å². The maximum atomic E-state index is 14.2. The molecule has 200 valence electrons. The number of carbonyl (C=O) groups excluding carboxylic acids is 4. The van der Waals surface area contributed by atoms with E-state index in [-0.39, 0.29) is 17.7 Å². The number of H-pyrrole nitrogens is 1. The number of nitrogens with one attached hydrogen (secondary N) is 4. The average molecular weight is 554 g/mol. The second-order valence-corrected chi connectivity index (χ2v) is 10.9. The Morgan fingerprint density at radius 1 is 1.02 bits per heavy atom. The lowest BCUT2D eigenvalue weighted by atomic mass is 9.76. The smallest absolute Gasteiger partial charge is 0.250 e. The van der Waals surface area contributed by atoms with Gasteiger partial charge in [-0.1, -0.05) is 29.8 Å². The highest BCUT2D eigenvalue weighted by molar-refractivity contribution is 6.31. The summed E-state index contributed by atoms with van der Waals surface area (Å²) in [4.78, 5) is 58.0. The van der Waals surface area contributed by atoms with Gasteiger partial charge in [0.2, 0.25) is 23.6 Å². The zero-order valence-electron chi connectivity index (χ0n) is 21.3. The Balaban J connectivity index is 1.34. The molecule has 3 aliphatic rings. The lowest BCUT2D eigenvalue weighted by molar-refractivity contribution is -0.130. The van der Waals surface area contributed by atoms with Crippen LogP contribution in [0.2, 0.25) is 5.02 Å². The van der Waals surface area contributed by atoms with Crippen molar-refractivity contribution in [3.05, 3.63) is 89.1 Å². The van der Waals surface area contributed by atoms with Gasteiger partial charge in [0.05, 0.1) is 17.5 Å². The van der Waals surface area contributed by atoms with Gasteiger partial charge in [0.25, 0.3) is 0 Å². The van der Waals surface area contributed by atoms with Crippen molar-refractivity contribution in [3.8, 4) is 0 Å². The summed E-state index contributed by atoms with van der Waals surface area (Å²) in [6, 6.07) is 19.0. The normalized spacial score (nSPS) is 25.0. The van der Waals surface area contributed by atoms with Gasteiger partial charge in [0.15, 0.2) is 0 Å². The van der Waals surface area contributed by atoms with E-state index in [1.54, 1.807) is 42.5 Å². The molecule has 3 aromatic carbocycles. The molecule has 4 heterocycles. The second-order valence-electron chi connectivity index (χ2n) is 10.5. The molecule has 2 fully saturated rings. The molecule has 1 aromatic heterocycles. The van der Waals surface area contributed by atoms with Gasteiger partial charge in [-0.3, -0.25) is 24.5 Å². The molecular formula is C30H24ClN5O4. The van der Waals surface area contributed by atoms with Gasteiger partial charge in [-0.05, 0) is 60.5 Å². The number of rotatable bonds is 4. The third kappa shape index (κ3) is 3.44. The van der Waals surface area contributed by atoms with Crippen molar-refractivity contribution in [2.45, 2.75) is 24.9 Å². The van der Waals surface area contributed by atoms with Gasteiger partial charge in [0, 0.05) is 52.0 Å². The molecular weight excluding hydrogens is 530 g/mol. The van der Waals surface area contributed by atoms with Crippen LogP contribution >= 0.6 is 11.6 Å². The number of hydrogen-bond donors (Lipinski definition) is 4. The first-order valence-corrected chi connectivity index (χ1v) is 13.4. The van der Waals surface area contributed by atoms with Crippen LogP contribution in [0.15, 0.2) is 72.9 Å². The maximum absolute atomic E-state index is 14.2. The van der Waals surface area contributed by atoms with E-state index < -0.39 is 29.3 Å². The predicted octanol–water partition coefficient (Wildman–Crippen LogP) is 3.95. The Hall–Kier alpha value is -4.47. The third-order valence-corrected chi connectivity index (χ3v) is 8.47. The van der Waals surface area contributed by atoms with E-state index in [9.17, 15) is 19.2 Å². The molecule has 0 unspecified atom stereocenters. The number of aromatic amines is 1. The number of amides is 4. The van der Waals surface area contributed by atoms with Crippen LogP contribution < -0.4 is 20.9 Å². The number of fused-ring (bicyclic) bond motifs is 5. The quantitative estimate of drug-likeness (QED) is 0.285. The maximum Gasteiger partial charge on any atom is 0.250 e. The van der Waals surface area contributed by atoms with Crippen molar-refractivity contribution in [3.63, 3.8) is 0 Å². The van der Waals surface area contributed by atoms with Crippen molar-refractivity contribution >= 4 is 63.2 Å². The fraction of sp³-hybridized carbons (Fsp3) is 0.200. The number of imide groups is 1. The molecule has 0 radical (unpaired) electrons. The Labute approximate surface area is 233 Å². The predicted molar refractivity (Wildman–Crippen MR) is 151 cm³/mol. The Morgan fingerprint density at radius 3 is 2.58 bits per heavy atom. The zero-order chi connectivity index (χ0) is 27.8. The number of anilines is 3. The van der Waals surface area contributed by atoms with Crippen LogP contribution in [0.4, 0.5) is 17.1 Å². The summed E-state index contributed by atoms with van der Waals surface area (Å²) in [5.74, 6) is -3.23. The minimum atomic E-state index is -1.46. The highest BCUT2D eigenvalue weighted by Gasteiger charge is 2.70. The molecule has 4 amide bonds. The highest BCUT2D eigenvalue weighted by atomic mass is 35.5. The molecule has 10 heteroatoms. The van der Waals surface area contributed by atoms with Crippen LogP contribution in [0, 0.1) is 11.8 Å². The molecule has 4 atom stereocenters. The van der Waals surface area contributed by atoms with E-state index in [0.29, 0.717) is 34.1 Å². The van der Waals surface area contributed by atoms with Gasteiger partial charge in [-0.2, -0.15) is 0 Å². The lowest BCUT2D eigenvalue weighted by Crippen LogP contribution is -2.53. The lowest BCUT2D eigenvalue weighted by Gasteiger charge is -2.29. The molecule has 7 rings (SSSR count). The Kier molecular flexibility index (Phi) is 5.39. The van der Waals surface area contributed by atoms with E-state index in [4.69, 9.17) is 11.6 Å². The highest BCUT2D eigenvalue weighted by Crippen LogP contribution is 2.54. The molecule has 9 nitrogen and oxygen atoms in total. The molecule has 4 N–H and O–H groups in total. The van der Waals surface area contributed by atoms with Crippen molar-refractivity contribution in [1.29, 1.82) is 0 Å². The number of carbonyl (C=O) groups is 4. The molecule has 2 saturated heterocycles. The van der Waals surface area contributed by atoms with Crippen molar-refractivity contribution in [2.24, 2.45) is 11.8 Å². The fourth-order valence-corrected chi connectivity index (χ4v) is 6.81. The number of hydrogen-bond acceptors (Lipinski definition) is 5. The van der Waals surface area contributed by atoms with Crippen molar-refractivity contribution < 1.29 is 19.2 Å². The number of aromatic nitrogens is 1. The van der Waals surface area contributed by atoms with E-state index in [1.807, 2.05) is 30.5 Å². The van der Waals surface area contributed by atoms with E-state index >= 15 is 0 Å². The second kappa shape index (κ2) is 8.77. The van der Waals surface area contributed by atoms with Gasteiger partial charge in [-0.25, -0.2) is 4.90 Å². The largest absolute Gasteiger partial charge is 0.361 e. The van der Waals surface area contributed by atoms with Crippen LogP contribution in [0.1, 0.15) is 18.1 Å². The minimum absolute atomic E-state index is 0.228. The summed E-state index contributed by atoms with van der Waals surface area (Å²) in [6.45, 7) is 1.40. The van der Waals surface area contributed by atoms with Crippen LogP contribution in [-0.2, 0) is 31.1 Å². The van der Waals surface area contributed by atoms with E-state index in [2.05, 4.69) is 20.9 Å². The summed E-state index contributed by atoms with van der Waals surface area (Å²) in [5, 5.41) is 10.5. The average Bonchev–Trinajstić information content (AvgIpc) is 3.64. The number of nitrogens with zero attached hydrogens (tertiary/aromatic N) is 1. The van der Waals surface area contributed by atoms with E-state index in [0.717, 1.165) is 16.5 Å². The molecule has 0 saturated carbocycles. The summed E-state index contributed by atoms with van der Waals surface area (Å²) in [6.07, 6.45) is 2.33. The summed E-state index contributed by atoms with van der Waals surface area (Å²) >= 11 is 6.37. The fourth-order valence-electron chi connectivity index (χ4n) is 6.64. The SMILES string of the molecule is CC(=O)Nc1ccc(N2C(=O)[C@@H]3[C@H](Cc4c[nH]c5ccccc45)N[C@]4(C(=O)Nc5ccc(Cl)cc54)[C@H]3C2=O)cc1. The van der Waals surface area contributed by atoms with Crippen molar-refractivity contribution in [1.82, 2.24) is 10.3 Å².